The van der Waals surface area contributed by atoms with E-state index in [2.05, 4.69) is 181 Å². The molecule has 9 rings (SSSR count). The highest BCUT2D eigenvalue weighted by molar-refractivity contribution is 6.16. The number of para-hydroxylation sites is 2. The number of rotatable bonds is 10. The molecule has 0 aliphatic rings. The molecule has 0 radical (unpaired) electrons. The van der Waals surface area contributed by atoms with Crippen LogP contribution in [0.1, 0.15) is 50.7 Å². The van der Waals surface area contributed by atoms with Gasteiger partial charge in [0.15, 0.2) is 0 Å². The normalized spacial score (nSPS) is 11.7. The number of unbranched alkanes of at least 4 members (excludes halogenated alkanes) is 2. The minimum absolute atomic E-state index is 1.11. The van der Waals surface area contributed by atoms with E-state index in [1.54, 1.807) is 0 Å². The highest BCUT2D eigenvalue weighted by Crippen LogP contribution is 2.42. The van der Waals surface area contributed by atoms with Crippen LogP contribution < -0.4 is 0 Å². The van der Waals surface area contributed by atoms with E-state index in [4.69, 9.17) is 0 Å². The topological polar surface area (TPSA) is 9.86 Å². The Morgan fingerprint density at radius 2 is 0.942 bits per heavy atom. The van der Waals surface area contributed by atoms with Crippen molar-refractivity contribution in [3.8, 4) is 33.6 Å². The van der Waals surface area contributed by atoms with Gasteiger partial charge in [0.2, 0.25) is 0 Å². The van der Waals surface area contributed by atoms with Crippen molar-refractivity contribution in [3.05, 3.63) is 169 Å². The van der Waals surface area contributed by atoms with Crippen LogP contribution in [0.5, 0.6) is 0 Å². The average Bonchev–Trinajstić information content (AvgIpc) is 3.72. The zero-order chi connectivity index (χ0) is 35.0. The molecule has 0 unspecified atom stereocenters. The van der Waals surface area contributed by atoms with Crippen molar-refractivity contribution in [2.24, 2.45) is 0 Å². The second-order valence-electron chi connectivity index (χ2n) is 14.3. The van der Waals surface area contributed by atoms with Crippen LogP contribution in [0.15, 0.2) is 158 Å². The van der Waals surface area contributed by atoms with Gasteiger partial charge < -0.3 is 9.13 Å². The van der Waals surface area contributed by atoms with Crippen molar-refractivity contribution in [2.75, 3.05) is 0 Å². The van der Waals surface area contributed by atoms with E-state index in [0.717, 1.165) is 12.8 Å². The van der Waals surface area contributed by atoms with Gasteiger partial charge in [-0.3, -0.25) is 0 Å². The second kappa shape index (κ2) is 13.7. The van der Waals surface area contributed by atoms with E-state index in [1.807, 2.05) is 0 Å². The Morgan fingerprint density at radius 1 is 0.385 bits per heavy atom. The summed E-state index contributed by atoms with van der Waals surface area (Å²) >= 11 is 0. The smallest absolute Gasteiger partial charge is 0.0619 e. The maximum Gasteiger partial charge on any atom is 0.0619 e. The first-order chi connectivity index (χ1) is 25.7. The first kappa shape index (κ1) is 32.1. The summed E-state index contributed by atoms with van der Waals surface area (Å²) in [5.41, 5.74) is 15.2. The summed E-state index contributed by atoms with van der Waals surface area (Å²) in [6.45, 7) is 4.58. The third-order valence-corrected chi connectivity index (χ3v) is 10.8. The van der Waals surface area contributed by atoms with E-state index < -0.39 is 0 Å². The Morgan fingerprint density at radius 3 is 1.60 bits per heavy atom. The van der Waals surface area contributed by atoms with Gasteiger partial charge >= 0.3 is 0 Å². The van der Waals surface area contributed by atoms with Crippen LogP contribution in [0.2, 0.25) is 0 Å². The summed E-state index contributed by atoms with van der Waals surface area (Å²) in [7, 11) is 0. The fourth-order valence-electron chi connectivity index (χ4n) is 8.30. The van der Waals surface area contributed by atoms with Crippen molar-refractivity contribution in [3.63, 3.8) is 0 Å². The highest BCUT2D eigenvalue weighted by atomic mass is 15.0. The van der Waals surface area contributed by atoms with E-state index in [-0.39, 0.29) is 0 Å². The molecule has 0 spiro atoms. The molecule has 0 saturated heterocycles. The lowest BCUT2D eigenvalue weighted by atomic mass is 9.95. The van der Waals surface area contributed by atoms with Crippen molar-refractivity contribution < 1.29 is 0 Å². The Bertz CT molecular complexity index is 2670. The van der Waals surface area contributed by atoms with Gasteiger partial charge in [0, 0.05) is 38.5 Å². The molecule has 0 amide bonds. The van der Waals surface area contributed by atoms with Crippen LogP contribution in [-0.4, -0.2) is 9.13 Å². The van der Waals surface area contributed by atoms with Gasteiger partial charge in [-0.25, -0.2) is 0 Å². The van der Waals surface area contributed by atoms with Crippen molar-refractivity contribution in [1.82, 2.24) is 9.13 Å². The maximum absolute atomic E-state index is 2.53. The second-order valence-corrected chi connectivity index (χ2v) is 14.3. The molecule has 7 aromatic carbocycles. The van der Waals surface area contributed by atoms with E-state index in [1.165, 1.54) is 114 Å². The highest BCUT2D eigenvalue weighted by Gasteiger charge is 2.20. The van der Waals surface area contributed by atoms with Crippen molar-refractivity contribution >= 4 is 43.6 Å². The van der Waals surface area contributed by atoms with Gasteiger partial charge in [0.25, 0.3) is 0 Å². The van der Waals surface area contributed by atoms with Gasteiger partial charge in [-0.15, -0.1) is 0 Å². The quantitative estimate of drug-likeness (QED) is 0.137. The molecule has 0 atom stereocenters. The zero-order valence-electron chi connectivity index (χ0n) is 30.1. The zero-order valence-corrected chi connectivity index (χ0v) is 30.1. The van der Waals surface area contributed by atoms with Gasteiger partial charge in [0.05, 0.1) is 22.1 Å². The summed E-state index contributed by atoms with van der Waals surface area (Å²) in [6.07, 6.45) is 7.03. The Hall–Kier alpha value is -5.86. The van der Waals surface area contributed by atoms with Crippen LogP contribution in [-0.2, 0) is 12.8 Å². The number of aryl methyl sites for hydroxylation is 2. The van der Waals surface area contributed by atoms with E-state index >= 15 is 0 Å². The fraction of sp³-hybridized carbons (Fsp3) is 0.160. The van der Waals surface area contributed by atoms with Crippen LogP contribution in [0.3, 0.4) is 0 Å². The van der Waals surface area contributed by atoms with Gasteiger partial charge in [-0.1, -0.05) is 136 Å². The third kappa shape index (κ3) is 5.60. The third-order valence-electron chi connectivity index (χ3n) is 10.8. The first-order valence-electron chi connectivity index (χ1n) is 19.1. The number of fused-ring (bicyclic) bond motifs is 6. The molecule has 0 bridgehead atoms. The molecule has 2 heteroatoms. The SMILES string of the molecule is CCCCc1cc(CCCC)cc(-n2c3ccccc3c3ccc(-n4c5ccccc5c5cc(-c6ccccc6)cc(-c6ccccc6)c54)cc32)c1. The van der Waals surface area contributed by atoms with Crippen LogP contribution in [0.25, 0.3) is 77.2 Å². The predicted octanol–water partition coefficient (Wildman–Crippen LogP) is 13.9. The van der Waals surface area contributed by atoms with E-state index in [0.29, 0.717) is 0 Å². The van der Waals surface area contributed by atoms with Crippen molar-refractivity contribution in [2.45, 2.75) is 52.4 Å². The van der Waals surface area contributed by atoms with Crippen LogP contribution in [0, 0.1) is 0 Å². The summed E-state index contributed by atoms with van der Waals surface area (Å²) in [4.78, 5) is 0. The summed E-state index contributed by atoms with van der Waals surface area (Å²) in [6, 6.07) is 58.8. The lowest BCUT2D eigenvalue weighted by molar-refractivity contribution is 0.779. The molecule has 2 aromatic heterocycles. The predicted molar refractivity (Wildman–Crippen MR) is 223 cm³/mol. The van der Waals surface area contributed by atoms with Crippen molar-refractivity contribution in [1.29, 1.82) is 0 Å². The molecule has 0 N–H and O–H groups in total. The minimum atomic E-state index is 1.11. The van der Waals surface area contributed by atoms with Gasteiger partial charge in [-0.05, 0) is 102 Å². The monoisotopic (exact) mass is 672 g/mol. The molecule has 0 fully saturated rings. The summed E-state index contributed by atoms with van der Waals surface area (Å²) in [5.74, 6) is 0. The molecule has 2 heterocycles. The molecule has 9 aromatic rings. The largest absolute Gasteiger partial charge is 0.309 e. The Balaban J connectivity index is 1.34. The number of aromatic nitrogens is 2. The molecule has 254 valence electrons. The summed E-state index contributed by atoms with van der Waals surface area (Å²) in [5, 5.41) is 5.10. The minimum Gasteiger partial charge on any atom is -0.309 e. The number of benzene rings is 7. The van der Waals surface area contributed by atoms with Gasteiger partial charge in [0.1, 0.15) is 0 Å². The van der Waals surface area contributed by atoms with Crippen LogP contribution >= 0.6 is 0 Å². The molecular formula is C50H44N2. The summed E-state index contributed by atoms with van der Waals surface area (Å²) < 4.78 is 5.03. The van der Waals surface area contributed by atoms with E-state index in [9.17, 15) is 0 Å². The Labute approximate surface area is 306 Å². The standard InChI is InChI=1S/C50H44N2/c1-3-5-17-35-29-36(18-6-4-2)31-41(30-35)51-47-25-15-13-23-42(47)44-28-27-40(34-49(44)51)52-48-26-16-14-24-43(48)46-33-39(37-19-9-7-10-20-37)32-45(50(46)52)38-21-11-8-12-22-38/h7-16,19-34H,3-6,17-18H2,1-2H3. The number of hydrogen-bond donors (Lipinski definition) is 0. The van der Waals surface area contributed by atoms with Gasteiger partial charge in [-0.2, -0.15) is 0 Å². The van der Waals surface area contributed by atoms with Crippen LogP contribution in [0.4, 0.5) is 0 Å². The lowest BCUT2D eigenvalue weighted by Crippen LogP contribution is -2.00. The molecule has 0 aliphatic carbocycles. The maximum atomic E-state index is 2.53. The Kier molecular flexibility index (Phi) is 8.45. The fourth-order valence-corrected chi connectivity index (χ4v) is 8.30. The molecule has 0 aliphatic heterocycles. The number of hydrogen-bond acceptors (Lipinski definition) is 0. The number of nitrogens with zero attached hydrogens (tertiary/aromatic N) is 2. The first-order valence-corrected chi connectivity index (χ1v) is 19.1. The molecule has 0 saturated carbocycles. The molecule has 2 nitrogen and oxygen atoms in total. The lowest BCUT2D eigenvalue weighted by Gasteiger charge is -2.16. The average molecular weight is 673 g/mol. The molecular weight excluding hydrogens is 629 g/mol. The molecule has 52 heavy (non-hydrogen) atoms.